The molecule has 0 spiro atoms. The molecule has 1 aliphatic carbocycles. The predicted molar refractivity (Wildman–Crippen MR) is 70.4 cm³/mol. The number of carbonyl (C=O) groups excluding carboxylic acids is 1. The number of nitrogens with zero attached hydrogens (tertiary/aromatic N) is 4. The zero-order valence-electron chi connectivity index (χ0n) is 11.2. The van der Waals surface area contributed by atoms with E-state index in [2.05, 4.69) is 15.6 Å². The molecule has 1 saturated carbocycles. The van der Waals surface area contributed by atoms with Gasteiger partial charge in [-0.3, -0.25) is 9.48 Å². The first-order valence-electron chi connectivity index (χ1n) is 7.22. The normalized spacial score (nSPS) is 23.9. The van der Waals surface area contributed by atoms with E-state index in [-0.39, 0.29) is 11.9 Å². The highest BCUT2D eigenvalue weighted by atomic mass is 16.2. The van der Waals surface area contributed by atoms with Crippen molar-refractivity contribution in [3.8, 4) is 0 Å². The number of piperidine rings is 1. The van der Waals surface area contributed by atoms with Gasteiger partial charge in [-0.2, -0.15) is 0 Å². The van der Waals surface area contributed by atoms with Gasteiger partial charge in [-0.1, -0.05) is 5.21 Å². The first-order valence-corrected chi connectivity index (χ1v) is 7.22. The van der Waals surface area contributed by atoms with Gasteiger partial charge in [0.25, 0.3) is 0 Å². The standard InChI is InChI=1S/C13H21N5O/c19-13-12(15-11-4-5-11)3-1-7-17(13)8-2-9-18-10-6-14-16-18/h6,10-12,15H,1-5,7-9H2. The van der Waals surface area contributed by atoms with E-state index in [9.17, 15) is 4.79 Å². The second-order valence-electron chi connectivity index (χ2n) is 5.48. The summed E-state index contributed by atoms with van der Waals surface area (Å²) in [4.78, 5) is 14.3. The molecule has 2 aliphatic rings. The molecule has 1 N–H and O–H groups in total. The Morgan fingerprint density at radius 3 is 2.95 bits per heavy atom. The number of amides is 1. The smallest absolute Gasteiger partial charge is 0.239 e. The van der Waals surface area contributed by atoms with E-state index in [1.165, 1.54) is 12.8 Å². The van der Waals surface area contributed by atoms with Crippen LogP contribution in [-0.4, -0.2) is 51.0 Å². The second kappa shape index (κ2) is 5.69. The lowest BCUT2D eigenvalue weighted by Gasteiger charge is -2.32. The van der Waals surface area contributed by atoms with Crippen molar-refractivity contribution in [3.63, 3.8) is 0 Å². The van der Waals surface area contributed by atoms with Crippen LogP contribution in [0.5, 0.6) is 0 Å². The molecule has 104 valence electrons. The third-order valence-electron chi connectivity index (χ3n) is 3.83. The van der Waals surface area contributed by atoms with Crippen LogP contribution in [0.25, 0.3) is 0 Å². The SMILES string of the molecule is O=C1C(NC2CC2)CCCN1CCCn1ccnn1. The summed E-state index contributed by atoms with van der Waals surface area (Å²) in [7, 11) is 0. The summed E-state index contributed by atoms with van der Waals surface area (Å²) >= 11 is 0. The monoisotopic (exact) mass is 263 g/mol. The topological polar surface area (TPSA) is 63.1 Å². The van der Waals surface area contributed by atoms with Gasteiger partial charge in [0.1, 0.15) is 0 Å². The van der Waals surface area contributed by atoms with Crippen LogP contribution < -0.4 is 5.32 Å². The van der Waals surface area contributed by atoms with Gasteiger partial charge >= 0.3 is 0 Å². The minimum absolute atomic E-state index is 0.0626. The molecular formula is C13H21N5O. The highest BCUT2D eigenvalue weighted by molar-refractivity contribution is 5.82. The molecule has 19 heavy (non-hydrogen) atoms. The summed E-state index contributed by atoms with van der Waals surface area (Å²) in [5, 5.41) is 11.2. The highest BCUT2D eigenvalue weighted by Crippen LogP contribution is 2.22. The van der Waals surface area contributed by atoms with E-state index in [0.29, 0.717) is 6.04 Å². The highest BCUT2D eigenvalue weighted by Gasteiger charge is 2.32. The average Bonchev–Trinajstić information content (AvgIpc) is 3.07. The summed E-state index contributed by atoms with van der Waals surface area (Å²) in [6, 6.07) is 0.664. The lowest BCUT2D eigenvalue weighted by Crippen LogP contribution is -2.51. The van der Waals surface area contributed by atoms with E-state index in [4.69, 9.17) is 0 Å². The number of carbonyl (C=O) groups is 1. The number of hydrogen-bond donors (Lipinski definition) is 1. The molecule has 1 aromatic rings. The number of likely N-dealkylation sites (tertiary alicyclic amines) is 1. The largest absolute Gasteiger partial charge is 0.341 e. The van der Waals surface area contributed by atoms with Gasteiger partial charge in [0, 0.05) is 31.9 Å². The second-order valence-corrected chi connectivity index (χ2v) is 5.48. The Labute approximate surface area is 113 Å². The van der Waals surface area contributed by atoms with Gasteiger partial charge in [-0.25, -0.2) is 0 Å². The van der Waals surface area contributed by atoms with Crippen LogP contribution in [0, 0.1) is 0 Å². The molecule has 6 heteroatoms. The van der Waals surface area contributed by atoms with Gasteiger partial charge in [-0.15, -0.1) is 5.10 Å². The van der Waals surface area contributed by atoms with E-state index in [1.54, 1.807) is 6.20 Å². The maximum absolute atomic E-state index is 12.3. The first-order chi connectivity index (χ1) is 9.33. The molecule has 2 fully saturated rings. The molecule has 1 amide bonds. The molecule has 6 nitrogen and oxygen atoms in total. The molecule has 1 saturated heterocycles. The summed E-state index contributed by atoms with van der Waals surface area (Å²) < 4.78 is 1.81. The van der Waals surface area contributed by atoms with Gasteiger partial charge in [-0.05, 0) is 32.1 Å². The maximum atomic E-state index is 12.3. The molecule has 1 aliphatic heterocycles. The fourth-order valence-corrected chi connectivity index (χ4v) is 2.63. The third-order valence-corrected chi connectivity index (χ3v) is 3.83. The zero-order chi connectivity index (χ0) is 13.1. The Morgan fingerprint density at radius 1 is 1.32 bits per heavy atom. The Morgan fingerprint density at radius 2 is 2.21 bits per heavy atom. The molecule has 0 aromatic carbocycles. The fraction of sp³-hybridized carbons (Fsp3) is 0.769. The van der Waals surface area contributed by atoms with Crippen LogP contribution in [-0.2, 0) is 11.3 Å². The Kier molecular flexibility index (Phi) is 3.77. The van der Waals surface area contributed by atoms with Crippen LogP contribution in [0.15, 0.2) is 12.4 Å². The van der Waals surface area contributed by atoms with Crippen molar-refractivity contribution in [1.82, 2.24) is 25.2 Å². The Balaban J connectivity index is 1.45. The first kappa shape index (κ1) is 12.6. The fourth-order valence-electron chi connectivity index (χ4n) is 2.63. The quantitative estimate of drug-likeness (QED) is 0.807. The maximum Gasteiger partial charge on any atom is 0.239 e. The number of aromatic nitrogens is 3. The van der Waals surface area contributed by atoms with E-state index in [1.807, 2.05) is 15.8 Å². The molecular weight excluding hydrogens is 242 g/mol. The van der Waals surface area contributed by atoms with Crippen LogP contribution >= 0.6 is 0 Å². The van der Waals surface area contributed by atoms with Crippen molar-refractivity contribution >= 4 is 5.91 Å². The third kappa shape index (κ3) is 3.32. The summed E-state index contributed by atoms with van der Waals surface area (Å²) in [5.74, 6) is 0.289. The molecule has 0 bridgehead atoms. The van der Waals surface area contributed by atoms with Crippen molar-refractivity contribution in [2.45, 2.75) is 50.7 Å². The molecule has 3 rings (SSSR count). The van der Waals surface area contributed by atoms with E-state index in [0.717, 1.165) is 38.9 Å². The van der Waals surface area contributed by atoms with Crippen molar-refractivity contribution < 1.29 is 4.79 Å². The summed E-state index contributed by atoms with van der Waals surface area (Å²) in [6.07, 6.45) is 9.04. The van der Waals surface area contributed by atoms with Crippen LogP contribution in [0.2, 0.25) is 0 Å². The lowest BCUT2D eigenvalue weighted by molar-refractivity contribution is -0.136. The van der Waals surface area contributed by atoms with Crippen LogP contribution in [0.1, 0.15) is 32.1 Å². The van der Waals surface area contributed by atoms with Crippen molar-refractivity contribution in [2.75, 3.05) is 13.1 Å². The summed E-state index contributed by atoms with van der Waals surface area (Å²) in [6.45, 7) is 2.55. The predicted octanol–water partition coefficient (Wildman–Crippen LogP) is 0.411. The molecule has 1 aromatic heterocycles. The number of nitrogens with one attached hydrogen (secondary N) is 1. The number of aryl methyl sites for hydroxylation is 1. The van der Waals surface area contributed by atoms with E-state index >= 15 is 0 Å². The Bertz CT molecular complexity index is 415. The van der Waals surface area contributed by atoms with E-state index < -0.39 is 0 Å². The minimum atomic E-state index is 0.0626. The van der Waals surface area contributed by atoms with Gasteiger partial charge in [0.05, 0.1) is 12.2 Å². The number of hydrogen-bond acceptors (Lipinski definition) is 4. The minimum Gasteiger partial charge on any atom is -0.341 e. The van der Waals surface area contributed by atoms with Gasteiger partial charge in [0.2, 0.25) is 5.91 Å². The average molecular weight is 263 g/mol. The van der Waals surface area contributed by atoms with Crippen molar-refractivity contribution in [2.24, 2.45) is 0 Å². The molecule has 1 unspecified atom stereocenters. The lowest BCUT2D eigenvalue weighted by atomic mass is 10.0. The molecule has 2 heterocycles. The summed E-state index contributed by atoms with van der Waals surface area (Å²) in [5.41, 5.74) is 0. The van der Waals surface area contributed by atoms with Crippen molar-refractivity contribution in [1.29, 1.82) is 0 Å². The molecule has 0 radical (unpaired) electrons. The van der Waals surface area contributed by atoms with Gasteiger partial charge in [0.15, 0.2) is 0 Å². The van der Waals surface area contributed by atoms with Gasteiger partial charge < -0.3 is 10.2 Å². The van der Waals surface area contributed by atoms with Crippen LogP contribution in [0.4, 0.5) is 0 Å². The number of rotatable bonds is 6. The Hall–Kier alpha value is -1.43. The zero-order valence-corrected chi connectivity index (χ0v) is 11.2. The molecule has 1 atom stereocenters. The van der Waals surface area contributed by atoms with Crippen LogP contribution in [0.3, 0.4) is 0 Å². The van der Waals surface area contributed by atoms with Crippen molar-refractivity contribution in [3.05, 3.63) is 12.4 Å².